The lowest BCUT2D eigenvalue weighted by Gasteiger charge is -2.27. The van der Waals surface area contributed by atoms with Gasteiger partial charge in [0.25, 0.3) is 0 Å². The molecule has 0 bridgehead atoms. The number of hydrogen-bond donors (Lipinski definition) is 0. The van der Waals surface area contributed by atoms with Crippen LogP contribution >= 0.6 is 0 Å². The Kier molecular flexibility index (Phi) is 10.5. The van der Waals surface area contributed by atoms with Crippen LogP contribution in [0.15, 0.2) is 283 Å². The highest BCUT2D eigenvalue weighted by atomic mass is 16.3. The highest BCUT2D eigenvalue weighted by Crippen LogP contribution is 2.45. The topological polar surface area (TPSA) is 19.6 Å². The van der Waals surface area contributed by atoms with E-state index in [2.05, 4.69) is 283 Å². The molecule has 13 aromatic rings. The summed E-state index contributed by atoms with van der Waals surface area (Å²) in [5, 5.41) is 7.14. The summed E-state index contributed by atoms with van der Waals surface area (Å²) in [6.45, 7) is 0. The standard InChI is InChI=1S/C68H46N2O/c1-2-15-47(16-3-1)53-21-10-25-60(44-53)70(66-31-14-30-65-64-28-8-9-32-67(64)71-68(65)66)61-26-12-23-55(46-61)54-22-11-24-59(45-54)69(57-39-35-49(36-40-57)56-34-33-48-17-4-5-19-52(48)43-56)58-41-37-51(38-42-58)63-29-13-20-50-18-6-7-27-62(50)63/h1-46H. The summed E-state index contributed by atoms with van der Waals surface area (Å²) in [4.78, 5) is 4.71. The van der Waals surface area contributed by atoms with Crippen LogP contribution in [-0.4, -0.2) is 0 Å². The molecule has 0 atom stereocenters. The summed E-state index contributed by atoms with van der Waals surface area (Å²) in [6.07, 6.45) is 0. The molecule has 13 rings (SSSR count). The predicted octanol–water partition coefficient (Wildman–Crippen LogP) is 19.5. The first-order valence-electron chi connectivity index (χ1n) is 24.2. The van der Waals surface area contributed by atoms with Crippen LogP contribution in [0.25, 0.3) is 88.0 Å². The number of anilines is 6. The van der Waals surface area contributed by atoms with E-state index in [0.29, 0.717) is 0 Å². The summed E-state index contributed by atoms with van der Waals surface area (Å²) in [6, 6.07) is 100. The van der Waals surface area contributed by atoms with Gasteiger partial charge in [-0.2, -0.15) is 0 Å². The molecule has 334 valence electrons. The number of fused-ring (bicyclic) bond motifs is 5. The van der Waals surface area contributed by atoms with Crippen LogP contribution in [0.3, 0.4) is 0 Å². The number of rotatable bonds is 10. The van der Waals surface area contributed by atoms with Crippen LogP contribution in [0.2, 0.25) is 0 Å². The number of benzene rings is 12. The van der Waals surface area contributed by atoms with Gasteiger partial charge in [0.05, 0.1) is 5.69 Å². The molecule has 0 aliphatic heterocycles. The maximum absolute atomic E-state index is 6.72. The van der Waals surface area contributed by atoms with Gasteiger partial charge in [0, 0.05) is 39.2 Å². The van der Waals surface area contributed by atoms with Gasteiger partial charge in [0.1, 0.15) is 5.58 Å². The molecule has 0 saturated carbocycles. The van der Waals surface area contributed by atoms with Crippen LogP contribution < -0.4 is 9.80 Å². The molecule has 0 unspecified atom stereocenters. The largest absolute Gasteiger partial charge is 0.454 e. The van der Waals surface area contributed by atoms with E-state index in [4.69, 9.17) is 4.42 Å². The first kappa shape index (κ1) is 41.7. The lowest BCUT2D eigenvalue weighted by molar-refractivity contribution is 0.669. The van der Waals surface area contributed by atoms with Crippen molar-refractivity contribution >= 4 is 77.6 Å². The van der Waals surface area contributed by atoms with Crippen LogP contribution in [0.1, 0.15) is 0 Å². The molecule has 71 heavy (non-hydrogen) atoms. The molecule has 3 nitrogen and oxygen atoms in total. The number of para-hydroxylation sites is 2. The Morgan fingerprint density at radius 1 is 0.239 bits per heavy atom. The van der Waals surface area contributed by atoms with Gasteiger partial charge in [-0.1, -0.05) is 200 Å². The fraction of sp³-hybridized carbons (Fsp3) is 0. The van der Waals surface area contributed by atoms with Crippen molar-refractivity contribution in [2.75, 3.05) is 9.80 Å². The zero-order valence-corrected chi connectivity index (χ0v) is 38.9. The third kappa shape index (κ3) is 7.86. The van der Waals surface area contributed by atoms with E-state index in [1.54, 1.807) is 0 Å². The van der Waals surface area contributed by atoms with Crippen LogP contribution in [0, 0.1) is 0 Å². The Morgan fingerprint density at radius 3 is 1.41 bits per heavy atom. The first-order chi connectivity index (χ1) is 35.2. The third-order valence-corrected chi connectivity index (χ3v) is 13.8. The van der Waals surface area contributed by atoms with Gasteiger partial charge < -0.3 is 14.2 Å². The average molecular weight is 907 g/mol. The molecule has 0 spiro atoms. The molecule has 12 aromatic carbocycles. The number of furan rings is 1. The van der Waals surface area contributed by atoms with Gasteiger partial charge in [-0.25, -0.2) is 0 Å². The molecule has 0 aliphatic rings. The smallest absolute Gasteiger partial charge is 0.159 e. The van der Waals surface area contributed by atoms with Crippen molar-refractivity contribution in [3.63, 3.8) is 0 Å². The fourth-order valence-corrected chi connectivity index (χ4v) is 10.3. The van der Waals surface area contributed by atoms with Gasteiger partial charge in [0.15, 0.2) is 5.58 Å². The minimum Gasteiger partial charge on any atom is -0.454 e. The van der Waals surface area contributed by atoms with Crippen molar-refractivity contribution in [1.82, 2.24) is 0 Å². The molecule has 0 N–H and O–H groups in total. The Bertz CT molecular complexity index is 4050. The second-order valence-electron chi connectivity index (χ2n) is 18.1. The lowest BCUT2D eigenvalue weighted by Crippen LogP contribution is -2.11. The Balaban J connectivity index is 0.921. The van der Waals surface area contributed by atoms with E-state index < -0.39 is 0 Å². The van der Waals surface area contributed by atoms with Crippen molar-refractivity contribution in [3.8, 4) is 44.5 Å². The van der Waals surface area contributed by atoms with Gasteiger partial charge in [-0.3, -0.25) is 0 Å². The van der Waals surface area contributed by atoms with Gasteiger partial charge in [0.2, 0.25) is 0 Å². The van der Waals surface area contributed by atoms with Crippen LogP contribution in [0.4, 0.5) is 34.1 Å². The van der Waals surface area contributed by atoms with Crippen LogP contribution in [0.5, 0.6) is 0 Å². The highest BCUT2D eigenvalue weighted by Gasteiger charge is 2.21. The molecule has 1 heterocycles. The Labute approximate surface area is 413 Å². The molecule has 0 aliphatic carbocycles. The van der Waals surface area contributed by atoms with E-state index in [9.17, 15) is 0 Å². The lowest BCUT2D eigenvalue weighted by atomic mass is 9.98. The van der Waals surface area contributed by atoms with Gasteiger partial charge in [-0.15, -0.1) is 0 Å². The molecular weight excluding hydrogens is 861 g/mol. The van der Waals surface area contributed by atoms with Crippen LogP contribution in [-0.2, 0) is 0 Å². The number of nitrogens with zero attached hydrogens (tertiary/aromatic N) is 2. The maximum atomic E-state index is 6.72. The zero-order valence-electron chi connectivity index (χ0n) is 38.9. The SMILES string of the molecule is c1ccc(-c2cccc(N(c3cccc(-c4cccc(N(c5ccc(-c6ccc7ccccc7c6)cc5)c5ccc(-c6cccc7ccccc67)cc5)c4)c3)c3cccc4c3oc3ccccc34)c2)cc1. The second-order valence-corrected chi connectivity index (χ2v) is 18.1. The molecule has 0 saturated heterocycles. The molecule has 0 radical (unpaired) electrons. The van der Waals surface area contributed by atoms with E-state index in [0.717, 1.165) is 78.3 Å². The predicted molar refractivity (Wildman–Crippen MR) is 300 cm³/mol. The zero-order chi connectivity index (χ0) is 47.1. The minimum absolute atomic E-state index is 0.847. The fourth-order valence-electron chi connectivity index (χ4n) is 10.3. The minimum atomic E-state index is 0.847. The molecule has 1 aromatic heterocycles. The van der Waals surface area contributed by atoms with Crippen molar-refractivity contribution in [2.45, 2.75) is 0 Å². The summed E-state index contributed by atoms with van der Waals surface area (Å²) in [5.41, 5.74) is 17.2. The van der Waals surface area contributed by atoms with Crippen molar-refractivity contribution in [2.24, 2.45) is 0 Å². The summed E-state index contributed by atoms with van der Waals surface area (Å²) in [7, 11) is 0. The summed E-state index contributed by atoms with van der Waals surface area (Å²) in [5.74, 6) is 0. The maximum Gasteiger partial charge on any atom is 0.159 e. The third-order valence-electron chi connectivity index (χ3n) is 13.8. The summed E-state index contributed by atoms with van der Waals surface area (Å²) >= 11 is 0. The second kappa shape index (κ2) is 17.9. The molecular formula is C68H46N2O. The average Bonchev–Trinajstić information content (AvgIpc) is 3.84. The highest BCUT2D eigenvalue weighted by molar-refractivity contribution is 6.10. The Hall–Kier alpha value is -9.44. The van der Waals surface area contributed by atoms with Crippen molar-refractivity contribution in [1.29, 1.82) is 0 Å². The molecule has 3 heteroatoms. The van der Waals surface area contributed by atoms with Gasteiger partial charge >= 0.3 is 0 Å². The normalized spacial score (nSPS) is 11.4. The summed E-state index contributed by atoms with van der Waals surface area (Å²) < 4.78 is 6.72. The monoisotopic (exact) mass is 906 g/mol. The van der Waals surface area contributed by atoms with E-state index >= 15 is 0 Å². The van der Waals surface area contributed by atoms with Crippen molar-refractivity contribution < 1.29 is 4.42 Å². The van der Waals surface area contributed by atoms with Gasteiger partial charge in [-0.05, 0) is 145 Å². The van der Waals surface area contributed by atoms with E-state index in [-0.39, 0.29) is 0 Å². The van der Waals surface area contributed by atoms with E-state index in [1.165, 1.54) is 43.8 Å². The molecule has 0 fully saturated rings. The number of hydrogen-bond acceptors (Lipinski definition) is 3. The molecule has 0 amide bonds. The first-order valence-corrected chi connectivity index (χ1v) is 24.2. The quantitative estimate of drug-likeness (QED) is 0.136. The van der Waals surface area contributed by atoms with E-state index in [1.807, 2.05) is 6.07 Å². The Morgan fingerprint density at radius 2 is 0.704 bits per heavy atom. The van der Waals surface area contributed by atoms with Crippen molar-refractivity contribution in [3.05, 3.63) is 279 Å².